The van der Waals surface area contributed by atoms with Gasteiger partial charge in [0.15, 0.2) is 5.82 Å². The molecule has 0 aliphatic carbocycles. The molecule has 0 radical (unpaired) electrons. The average Bonchev–Trinajstić information content (AvgIpc) is 2.41. The summed E-state index contributed by atoms with van der Waals surface area (Å²) in [5.74, 6) is 0.535. The van der Waals surface area contributed by atoms with Gasteiger partial charge in [-0.2, -0.15) is 0 Å². The minimum absolute atomic E-state index is 0.00348. The van der Waals surface area contributed by atoms with E-state index in [0.29, 0.717) is 21.0 Å². The van der Waals surface area contributed by atoms with E-state index in [4.69, 9.17) is 11.6 Å². The molecule has 0 unspecified atom stereocenters. The number of rotatable bonds is 3. The number of nitro benzene ring substituents is 1. The lowest BCUT2D eigenvalue weighted by atomic mass is 10.1. The zero-order chi connectivity index (χ0) is 14.9. The van der Waals surface area contributed by atoms with Crippen LogP contribution in [0.2, 0.25) is 5.15 Å². The predicted octanol–water partition coefficient (Wildman–Crippen LogP) is 4.59. The zero-order valence-electron chi connectivity index (χ0n) is 10.8. The summed E-state index contributed by atoms with van der Waals surface area (Å²) < 4.78 is 0.656. The van der Waals surface area contributed by atoms with Gasteiger partial charge < -0.3 is 0 Å². The lowest BCUT2D eigenvalue weighted by Gasteiger charge is -2.10. The Hall–Kier alpha value is -1.53. The van der Waals surface area contributed by atoms with Crippen molar-refractivity contribution in [2.45, 2.75) is 19.8 Å². The monoisotopic (exact) mass is 355 g/mol. The van der Waals surface area contributed by atoms with E-state index in [1.165, 1.54) is 12.1 Å². The van der Waals surface area contributed by atoms with Crippen LogP contribution < -0.4 is 0 Å². The SMILES string of the molecule is CC(C)c1nc(-c2cccc([N+](=O)[O-])c2)nc(Cl)c1Br. The van der Waals surface area contributed by atoms with E-state index in [1.54, 1.807) is 12.1 Å². The molecule has 7 heteroatoms. The van der Waals surface area contributed by atoms with Crippen molar-refractivity contribution < 1.29 is 4.92 Å². The second-order valence-electron chi connectivity index (χ2n) is 4.50. The highest BCUT2D eigenvalue weighted by Crippen LogP contribution is 2.31. The quantitative estimate of drug-likeness (QED) is 0.458. The highest BCUT2D eigenvalue weighted by atomic mass is 79.9. The molecule has 20 heavy (non-hydrogen) atoms. The largest absolute Gasteiger partial charge is 0.270 e. The van der Waals surface area contributed by atoms with Gasteiger partial charge in [0, 0.05) is 17.7 Å². The van der Waals surface area contributed by atoms with Crippen LogP contribution in [-0.2, 0) is 0 Å². The minimum Gasteiger partial charge on any atom is -0.258 e. The fraction of sp³-hybridized carbons (Fsp3) is 0.231. The van der Waals surface area contributed by atoms with Crippen molar-refractivity contribution >= 4 is 33.2 Å². The number of non-ortho nitro benzene ring substituents is 1. The molecule has 0 aliphatic rings. The minimum atomic E-state index is -0.451. The Balaban J connectivity index is 2.58. The average molecular weight is 357 g/mol. The molecule has 0 N–H and O–H groups in total. The molecule has 1 aromatic heterocycles. The molecule has 0 saturated carbocycles. The number of halogens is 2. The molecule has 104 valence electrons. The van der Waals surface area contributed by atoms with E-state index < -0.39 is 4.92 Å². The van der Waals surface area contributed by atoms with Gasteiger partial charge in [-0.3, -0.25) is 10.1 Å². The summed E-state index contributed by atoms with van der Waals surface area (Å²) in [5, 5.41) is 11.1. The summed E-state index contributed by atoms with van der Waals surface area (Å²) in [5.41, 5.74) is 1.33. The van der Waals surface area contributed by atoms with Gasteiger partial charge in [0.05, 0.1) is 15.1 Å². The topological polar surface area (TPSA) is 68.9 Å². The van der Waals surface area contributed by atoms with Crippen LogP contribution in [0.1, 0.15) is 25.5 Å². The third-order valence-electron chi connectivity index (χ3n) is 2.70. The van der Waals surface area contributed by atoms with Crippen molar-refractivity contribution in [3.8, 4) is 11.4 Å². The molecule has 0 spiro atoms. The Bertz CT molecular complexity index is 677. The molecule has 2 aromatic rings. The maximum atomic E-state index is 10.8. The van der Waals surface area contributed by atoms with Crippen molar-refractivity contribution in [3.63, 3.8) is 0 Å². The highest BCUT2D eigenvalue weighted by Gasteiger charge is 2.16. The molecule has 2 rings (SSSR count). The molecule has 0 aliphatic heterocycles. The normalized spacial score (nSPS) is 10.8. The van der Waals surface area contributed by atoms with E-state index in [1.807, 2.05) is 13.8 Å². The number of nitrogens with zero attached hydrogens (tertiary/aromatic N) is 3. The van der Waals surface area contributed by atoms with Crippen molar-refractivity contribution in [2.75, 3.05) is 0 Å². The first-order chi connectivity index (χ1) is 9.40. The summed E-state index contributed by atoms with van der Waals surface area (Å²) in [6, 6.07) is 6.18. The van der Waals surface area contributed by atoms with Crippen LogP contribution in [0.3, 0.4) is 0 Å². The third kappa shape index (κ3) is 2.96. The highest BCUT2D eigenvalue weighted by molar-refractivity contribution is 9.10. The standard InChI is InChI=1S/C13H11BrClN3O2/c1-7(2)11-10(14)12(15)17-13(16-11)8-4-3-5-9(6-8)18(19)20/h3-7H,1-2H3. The molecular formula is C13H11BrClN3O2. The van der Waals surface area contributed by atoms with E-state index >= 15 is 0 Å². The second kappa shape index (κ2) is 5.85. The van der Waals surface area contributed by atoms with E-state index in [2.05, 4.69) is 25.9 Å². The summed E-state index contributed by atoms with van der Waals surface area (Å²) in [6.07, 6.45) is 0. The fourth-order valence-electron chi connectivity index (χ4n) is 1.71. The molecular weight excluding hydrogens is 346 g/mol. The van der Waals surface area contributed by atoms with Crippen LogP contribution in [0, 0.1) is 10.1 Å². The summed E-state index contributed by atoms with van der Waals surface area (Å²) in [7, 11) is 0. The van der Waals surface area contributed by atoms with Crippen LogP contribution in [0.15, 0.2) is 28.7 Å². The first kappa shape index (κ1) is 14.9. The van der Waals surface area contributed by atoms with Crippen LogP contribution in [0.25, 0.3) is 11.4 Å². The summed E-state index contributed by atoms with van der Waals surface area (Å²) >= 11 is 9.44. The Labute approximate surface area is 129 Å². The Morgan fingerprint density at radius 3 is 2.65 bits per heavy atom. The first-order valence-corrected chi connectivity index (χ1v) is 7.05. The summed E-state index contributed by atoms with van der Waals surface area (Å²) in [6.45, 7) is 3.97. The van der Waals surface area contributed by atoms with Gasteiger partial charge >= 0.3 is 0 Å². The maximum absolute atomic E-state index is 10.8. The van der Waals surface area contributed by atoms with Crippen LogP contribution in [0.5, 0.6) is 0 Å². The predicted molar refractivity (Wildman–Crippen MR) is 80.9 cm³/mol. The number of benzene rings is 1. The molecule has 1 aromatic carbocycles. The molecule has 5 nitrogen and oxygen atoms in total. The molecule has 0 saturated heterocycles. The van der Waals surface area contributed by atoms with Gasteiger partial charge in [-0.15, -0.1) is 0 Å². The lowest BCUT2D eigenvalue weighted by Crippen LogP contribution is -2.00. The van der Waals surface area contributed by atoms with E-state index in [-0.39, 0.29) is 11.6 Å². The van der Waals surface area contributed by atoms with Gasteiger partial charge in [-0.25, -0.2) is 9.97 Å². The first-order valence-electron chi connectivity index (χ1n) is 5.88. The number of hydrogen-bond donors (Lipinski definition) is 0. The molecule has 0 fully saturated rings. The number of hydrogen-bond acceptors (Lipinski definition) is 4. The van der Waals surface area contributed by atoms with Crippen LogP contribution >= 0.6 is 27.5 Å². The number of nitro groups is 1. The van der Waals surface area contributed by atoms with Crippen LogP contribution in [0.4, 0.5) is 5.69 Å². The molecule has 1 heterocycles. The van der Waals surface area contributed by atoms with Crippen molar-refractivity contribution in [1.29, 1.82) is 0 Å². The van der Waals surface area contributed by atoms with Gasteiger partial charge in [0.2, 0.25) is 0 Å². The van der Waals surface area contributed by atoms with E-state index in [0.717, 1.165) is 5.69 Å². The Kier molecular flexibility index (Phi) is 4.35. The van der Waals surface area contributed by atoms with Crippen molar-refractivity contribution in [2.24, 2.45) is 0 Å². The third-order valence-corrected chi connectivity index (χ3v) is 3.98. The molecule has 0 atom stereocenters. The molecule has 0 bridgehead atoms. The van der Waals surface area contributed by atoms with Crippen molar-refractivity contribution in [1.82, 2.24) is 9.97 Å². The number of aromatic nitrogens is 2. The second-order valence-corrected chi connectivity index (χ2v) is 5.65. The van der Waals surface area contributed by atoms with Crippen LogP contribution in [-0.4, -0.2) is 14.9 Å². The lowest BCUT2D eigenvalue weighted by molar-refractivity contribution is -0.384. The van der Waals surface area contributed by atoms with E-state index in [9.17, 15) is 10.1 Å². The van der Waals surface area contributed by atoms with Gasteiger partial charge in [0.1, 0.15) is 5.15 Å². The Morgan fingerprint density at radius 1 is 1.35 bits per heavy atom. The summed E-state index contributed by atoms with van der Waals surface area (Å²) in [4.78, 5) is 19.0. The van der Waals surface area contributed by atoms with Gasteiger partial charge in [0.25, 0.3) is 5.69 Å². The smallest absolute Gasteiger partial charge is 0.258 e. The maximum Gasteiger partial charge on any atom is 0.270 e. The zero-order valence-corrected chi connectivity index (χ0v) is 13.1. The Morgan fingerprint density at radius 2 is 2.05 bits per heavy atom. The van der Waals surface area contributed by atoms with Crippen molar-refractivity contribution in [3.05, 3.63) is 49.7 Å². The fourth-order valence-corrected chi connectivity index (χ4v) is 2.52. The molecule has 0 amide bonds. The van der Waals surface area contributed by atoms with Gasteiger partial charge in [-0.1, -0.05) is 37.6 Å². The van der Waals surface area contributed by atoms with Gasteiger partial charge in [-0.05, 0) is 21.8 Å².